The van der Waals surface area contributed by atoms with Crippen molar-refractivity contribution >= 4 is 34.0 Å². The van der Waals surface area contributed by atoms with Crippen molar-refractivity contribution in [2.24, 2.45) is 11.7 Å². The Kier molecular flexibility index (Phi) is 7.94. The molecule has 142 valence electrons. The van der Waals surface area contributed by atoms with Crippen LogP contribution in [0.15, 0.2) is 35.7 Å². The molecule has 0 bridgehead atoms. The van der Waals surface area contributed by atoms with E-state index in [0.717, 1.165) is 5.41 Å². The summed E-state index contributed by atoms with van der Waals surface area (Å²) in [5, 5.41) is 2.66. The van der Waals surface area contributed by atoms with Crippen LogP contribution in [0.4, 0.5) is 4.79 Å². The molecule has 0 saturated heterocycles. The van der Waals surface area contributed by atoms with Gasteiger partial charge in [-0.15, -0.1) is 0 Å². The molecule has 1 aromatic rings. The molecular formula is C16H21N3O6S. The highest BCUT2D eigenvalue weighted by Gasteiger charge is 2.28. The number of rotatable bonds is 8. The van der Waals surface area contributed by atoms with Crippen molar-refractivity contribution in [3.05, 3.63) is 41.3 Å². The molecule has 1 rings (SSSR count). The third-order valence-electron chi connectivity index (χ3n) is 3.06. The van der Waals surface area contributed by atoms with Crippen molar-refractivity contribution in [2.45, 2.75) is 19.9 Å². The van der Waals surface area contributed by atoms with E-state index in [9.17, 15) is 22.8 Å². The molecule has 26 heavy (non-hydrogen) atoms. The predicted octanol–water partition coefficient (Wildman–Crippen LogP) is 0.339. The monoisotopic (exact) mass is 383 g/mol. The first-order valence-corrected chi connectivity index (χ1v) is 9.16. The number of carbonyl (C=O) groups excluding carboxylic acids is 3. The number of carbonyl (C=O) groups is 3. The second kappa shape index (κ2) is 9.68. The number of esters is 1. The van der Waals surface area contributed by atoms with E-state index in [4.69, 9.17) is 10.5 Å². The molecule has 0 aliphatic carbocycles. The number of urea groups is 1. The highest BCUT2D eigenvalue weighted by atomic mass is 32.2. The second-order valence-electron chi connectivity index (χ2n) is 5.62. The molecule has 10 heteroatoms. The minimum Gasteiger partial charge on any atom is -0.454 e. The van der Waals surface area contributed by atoms with Gasteiger partial charge in [0.05, 0.1) is 0 Å². The number of hydrogen-bond donors (Lipinski definition) is 3. The molecule has 0 spiro atoms. The van der Waals surface area contributed by atoms with E-state index in [1.807, 2.05) is 0 Å². The van der Waals surface area contributed by atoms with Gasteiger partial charge < -0.3 is 10.5 Å². The first kappa shape index (κ1) is 21.3. The van der Waals surface area contributed by atoms with Crippen LogP contribution in [0.1, 0.15) is 19.4 Å². The summed E-state index contributed by atoms with van der Waals surface area (Å²) in [5.74, 6) is -2.31. The highest BCUT2D eigenvalue weighted by molar-refractivity contribution is 7.92. The fourth-order valence-electron chi connectivity index (χ4n) is 1.80. The smallest absolute Gasteiger partial charge is 0.324 e. The van der Waals surface area contributed by atoms with E-state index in [0.29, 0.717) is 5.56 Å². The summed E-state index contributed by atoms with van der Waals surface area (Å²) >= 11 is 0. The standard InChI is InChI=1S/C16H21N3O6S/c1-11(2)14(15(21)25-10-13(20)18-16(17)22)19-26(23,24)9-8-12-6-4-3-5-7-12/h3-9,11,14,19H,10H2,1-2H3,(H3,17,18,20,22)/b9-8+. The molecule has 3 amide bonds. The summed E-state index contributed by atoms with van der Waals surface area (Å²) in [5.41, 5.74) is 5.43. The Hall–Kier alpha value is -2.72. The van der Waals surface area contributed by atoms with E-state index >= 15 is 0 Å². The topological polar surface area (TPSA) is 145 Å². The van der Waals surface area contributed by atoms with Crippen molar-refractivity contribution in [3.8, 4) is 0 Å². The molecule has 0 saturated carbocycles. The van der Waals surface area contributed by atoms with Gasteiger partial charge in [-0.3, -0.25) is 14.9 Å². The predicted molar refractivity (Wildman–Crippen MR) is 94.8 cm³/mol. The molecule has 1 aromatic carbocycles. The lowest BCUT2D eigenvalue weighted by Gasteiger charge is -2.19. The molecule has 0 heterocycles. The Balaban J connectivity index is 2.74. The van der Waals surface area contributed by atoms with Crippen LogP contribution in [0.25, 0.3) is 6.08 Å². The maximum absolute atomic E-state index is 12.2. The van der Waals surface area contributed by atoms with Gasteiger partial charge in [-0.1, -0.05) is 44.2 Å². The zero-order valence-electron chi connectivity index (χ0n) is 14.3. The number of ether oxygens (including phenoxy) is 1. The molecule has 0 aromatic heterocycles. The van der Waals surface area contributed by atoms with Crippen LogP contribution < -0.4 is 15.8 Å². The average Bonchev–Trinajstić information content (AvgIpc) is 2.56. The van der Waals surface area contributed by atoms with Crippen LogP contribution in [-0.2, 0) is 24.3 Å². The van der Waals surface area contributed by atoms with Gasteiger partial charge in [0.1, 0.15) is 6.04 Å². The van der Waals surface area contributed by atoms with E-state index < -0.39 is 46.5 Å². The Morgan fingerprint density at radius 2 is 1.81 bits per heavy atom. The zero-order valence-corrected chi connectivity index (χ0v) is 15.2. The van der Waals surface area contributed by atoms with Gasteiger partial charge >= 0.3 is 12.0 Å². The van der Waals surface area contributed by atoms with Gasteiger partial charge in [0.15, 0.2) is 6.61 Å². The number of nitrogens with two attached hydrogens (primary N) is 1. The molecule has 4 N–H and O–H groups in total. The van der Waals surface area contributed by atoms with Gasteiger partial charge in [-0.25, -0.2) is 13.2 Å². The van der Waals surface area contributed by atoms with Gasteiger partial charge in [-0.05, 0) is 17.6 Å². The molecule has 1 unspecified atom stereocenters. The Morgan fingerprint density at radius 1 is 1.19 bits per heavy atom. The average molecular weight is 383 g/mol. The quantitative estimate of drug-likeness (QED) is 0.552. The number of primary amides is 1. The second-order valence-corrected chi connectivity index (χ2v) is 7.22. The first-order valence-electron chi connectivity index (χ1n) is 7.62. The number of hydrogen-bond acceptors (Lipinski definition) is 6. The van der Waals surface area contributed by atoms with E-state index in [2.05, 4.69) is 4.72 Å². The Bertz CT molecular complexity index is 774. The summed E-state index contributed by atoms with van der Waals surface area (Å²) in [6.07, 6.45) is 1.38. The molecule has 9 nitrogen and oxygen atoms in total. The molecule has 0 aliphatic heterocycles. The van der Waals surface area contributed by atoms with Gasteiger partial charge in [0, 0.05) is 5.41 Å². The van der Waals surface area contributed by atoms with Gasteiger partial charge in [0.2, 0.25) is 10.0 Å². The molecule has 1 atom stereocenters. The van der Waals surface area contributed by atoms with Crippen molar-refractivity contribution in [1.29, 1.82) is 0 Å². The van der Waals surface area contributed by atoms with E-state index in [-0.39, 0.29) is 0 Å². The normalized spacial score (nSPS) is 12.7. The van der Waals surface area contributed by atoms with Crippen LogP contribution in [0, 0.1) is 5.92 Å². The third-order valence-corrected chi connectivity index (χ3v) is 4.14. The molecule has 0 radical (unpaired) electrons. The Morgan fingerprint density at radius 3 is 2.35 bits per heavy atom. The maximum Gasteiger partial charge on any atom is 0.324 e. The Labute approximate surface area is 151 Å². The van der Waals surface area contributed by atoms with Crippen LogP contribution in [-0.4, -0.2) is 39.0 Å². The largest absolute Gasteiger partial charge is 0.454 e. The lowest BCUT2D eigenvalue weighted by atomic mass is 10.1. The lowest BCUT2D eigenvalue weighted by Crippen LogP contribution is -2.46. The van der Waals surface area contributed by atoms with Crippen molar-refractivity contribution < 1.29 is 27.5 Å². The minimum absolute atomic E-state index is 0.443. The molecular weight excluding hydrogens is 362 g/mol. The summed E-state index contributed by atoms with van der Waals surface area (Å²) in [7, 11) is -3.93. The fraction of sp³-hybridized carbons (Fsp3) is 0.312. The molecule has 0 fully saturated rings. The summed E-state index contributed by atoms with van der Waals surface area (Å²) < 4.78 is 31.3. The van der Waals surface area contributed by atoms with Crippen LogP contribution >= 0.6 is 0 Å². The van der Waals surface area contributed by atoms with Gasteiger partial charge in [-0.2, -0.15) is 4.72 Å². The number of sulfonamides is 1. The van der Waals surface area contributed by atoms with Crippen LogP contribution in [0.2, 0.25) is 0 Å². The highest BCUT2D eigenvalue weighted by Crippen LogP contribution is 2.08. The third kappa shape index (κ3) is 7.90. The van der Waals surface area contributed by atoms with Crippen LogP contribution in [0.5, 0.6) is 0 Å². The number of amides is 3. The maximum atomic E-state index is 12.2. The van der Waals surface area contributed by atoms with Crippen molar-refractivity contribution in [1.82, 2.24) is 10.0 Å². The molecule has 0 aliphatic rings. The number of benzene rings is 1. The fourth-order valence-corrected chi connectivity index (χ4v) is 2.94. The number of imide groups is 1. The van der Waals surface area contributed by atoms with Crippen molar-refractivity contribution in [2.75, 3.05) is 6.61 Å². The zero-order chi connectivity index (χ0) is 19.7. The van der Waals surface area contributed by atoms with E-state index in [1.54, 1.807) is 49.5 Å². The van der Waals surface area contributed by atoms with Gasteiger partial charge in [0.25, 0.3) is 5.91 Å². The summed E-state index contributed by atoms with van der Waals surface area (Å²) in [6, 6.07) is 6.45. The minimum atomic E-state index is -3.93. The van der Waals surface area contributed by atoms with Crippen LogP contribution in [0.3, 0.4) is 0 Å². The van der Waals surface area contributed by atoms with E-state index in [1.165, 1.54) is 6.08 Å². The summed E-state index contributed by atoms with van der Waals surface area (Å²) in [6.45, 7) is 2.46. The van der Waals surface area contributed by atoms with Crippen molar-refractivity contribution in [3.63, 3.8) is 0 Å². The summed E-state index contributed by atoms with van der Waals surface area (Å²) in [4.78, 5) is 33.8. The SMILES string of the molecule is CC(C)C(NS(=O)(=O)/C=C/c1ccccc1)C(=O)OCC(=O)NC(N)=O. The first-order chi connectivity index (χ1) is 12.1. The number of nitrogens with one attached hydrogen (secondary N) is 2. The lowest BCUT2D eigenvalue weighted by molar-refractivity contribution is -0.150.